The van der Waals surface area contributed by atoms with Crippen molar-refractivity contribution in [3.05, 3.63) is 24.3 Å². The van der Waals surface area contributed by atoms with Gasteiger partial charge in [0.15, 0.2) is 0 Å². The van der Waals surface area contributed by atoms with Crippen LogP contribution in [0.3, 0.4) is 0 Å². The minimum Gasteiger partial charge on any atom is -0.399 e. The van der Waals surface area contributed by atoms with Crippen LogP contribution in [0.5, 0.6) is 0 Å². The fourth-order valence-electron chi connectivity index (χ4n) is 3.05. The van der Waals surface area contributed by atoms with Gasteiger partial charge in [-0.1, -0.05) is 27.7 Å². The average molecular weight is 338 g/mol. The quantitative estimate of drug-likeness (QED) is 0.671. The van der Waals surface area contributed by atoms with Crippen molar-refractivity contribution in [2.45, 2.75) is 39.0 Å². The number of rotatable bonds is 3. The molecule has 6 nitrogen and oxygen atoms in total. The molecule has 0 bridgehead atoms. The molecule has 2 amide bonds. The summed E-state index contributed by atoms with van der Waals surface area (Å²) in [5.41, 5.74) is 5.38. The van der Waals surface area contributed by atoms with Gasteiger partial charge in [-0.25, -0.2) is 8.42 Å². The molecular weight excluding hydrogens is 316 g/mol. The van der Waals surface area contributed by atoms with Gasteiger partial charge < -0.3 is 5.73 Å². The van der Waals surface area contributed by atoms with Gasteiger partial charge in [-0.2, -0.15) is 4.31 Å². The summed E-state index contributed by atoms with van der Waals surface area (Å²) in [5.74, 6) is -2.44. The highest BCUT2D eigenvalue weighted by molar-refractivity contribution is 7.90. The number of anilines is 1. The van der Waals surface area contributed by atoms with Gasteiger partial charge in [-0.3, -0.25) is 9.59 Å². The van der Waals surface area contributed by atoms with Gasteiger partial charge in [0.05, 0.1) is 4.90 Å². The molecule has 0 aliphatic carbocycles. The lowest BCUT2D eigenvalue weighted by Gasteiger charge is -2.45. The van der Waals surface area contributed by atoms with Crippen molar-refractivity contribution in [2.24, 2.45) is 17.3 Å². The first-order valence-corrected chi connectivity index (χ1v) is 8.97. The summed E-state index contributed by atoms with van der Waals surface area (Å²) in [4.78, 5) is 25.2. The zero-order valence-electron chi connectivity index (χ0n) is 13.7. The third-order valence-corrected chi connectivity index (χ3v) is 6.62. The van der Waals surface area contributed by atoms with Crippen LogP contribution in [0.25, 0.3) is 0 Å². The first-order chi connectivity index (χ1) is 10.5. The first kappa shape index (κ1) is 17.5. The lowest BCUT2D eigenvalue weighted by molar-refractivity contribution is -0.157. The fraction of sp³-hybridized carbons (Fsp3) is 0.500. The molecule has 1 aromatic rings. The molecule has 23 heavy (non-hydrogen) atoms. The standard InChI is InChI=1S/C16H22N2O4S/c1-5-13-15(20)18(14(19)10(2)16(13,3)4)23(21,22)12-8-6-11(17)7-9-12/h6-10,13H,5,17H2,1-4H3. The molecule has 1 aliphatic heterocycles. The van der Waals surface area contributed by atoms with Gasteiger partial charge >= 0.3 is 0 Å². The second kappa shape index (κ2) is 5.63. The third kappa shape index (κ3) is 2.63. The van der Waals surface area contributed by atoms with Gasteiger partial charge in [0.1, 0.15) is 0 Å². The number of carbonyl (C=O) groups excluding carboxylic acids is 2. The molecule has 1 saturated heterocycles. The van der Waals surface area contributed by atoms with E-state index in [2.05, 4.69) is 0 Å². The maximum absolute atomic E-state index is 12.8. The Hall–Kier alpha value is -1.89. The number of hydrogen-bond acceptors (Lipinski definition) is 5. The minimum atomic E-state index is -4.22. The van der Waals surface area contributed by atoms with E-state index in [4.69, 9.17) is 5.73 Å². The Labute approximate surface area is 136 Å². The zero-order chi connectivity index (χ0) is 17.6. The Morgan fingerprint density at radius 2 is 1.65 bits per heavy atom. The Bertz CT molecular complexity index is 738. The Morgan fingerprint density at radius 1 is 1.13 bits per heavy atom. The van der Waals surface area contributed by atoms with Gasteiger partial charge in [-0.15, -0.1) is 0 Å². The van der Waals surface area contributed by atoms with E-state index in [1.165, 1.54) is 24.3 Å². The van der Waals surface area contributed by atoms with Crippen LogP contribution >= 0.6 is 0 Å². The molecule has 1 aromatic carbocycles. The molecule has 0 saturated carbocycles. The van der Waals surface area contributed by atoms with Crippen molar-refractivity contribution >= 4 is 27.5 Å². The minimum absolute atomic E-state index is 0.116. The monoisotopic (exact) mass is 338 g/mol. The van der Waals surface area contributed by atoms with Crippen LogP contribution in [0.2, 0.25) is 0 Å². The van der Waals surface area contributed by atoms with Crippen LogP contribution in [-0.2, 0) is 19.6 Å². The summed E-state index contributed by atoms with van der Waals surface area (Å²) in [6.07, 6.45) is 0.469. The summed E-state index contributed by atoms with van der Waals surface area (Å²) in [7, 11) is -4.22. The highest BCUT2D eigenvalue weighted by Gasteiger charge is 2.54. The molecular formula is C16H22N2O4S. The summed E-state index contributed by atoms with van der Waals surface area (Å²) in [6.45, 7) is 7.15. The smallest absolute Gasteiger partial charge is 0.273 e. The molecule has 1 aliphatic rings. The average Bonchev–Trinajstić information content (AvgIpc) is 2.45. The second-order valence-corrected chi connectivity index (χ2v) is 8.31. The van der Waals surface area contributed by atoms with E-state index in [1.54, 1.807) is 6.92 Å². The summed E-state index contributed by atoms with van der Waals surface area (Å²) in [6, 6.07) is 5.46. The van der Waals surface area contributed by atoms with Gasteiger partial charge in [-0.05, 0) is 36.1 Å². The summed E-state index contributed by atoms with van der Waals surface area (Å²) >= 11 is 0. The molecule has 7 heteroatoms. The van der Waals surface area contributed by atoms with Crippen LogP contribution in [-0.4, -0.2) is 24.5 Å². The van der Waals surface area contributed by atoms with Crippen LogP contribution in [0.4, 0.5) is 5.69 Å². The number of nitrogen functional groups attached to an aromatic ring is 1. The van der Waals surface area contributed by atoms with E-state index in [0.29, 0.717) is 16.4 Å². The van der Waals surface area contributed by atoms with E-state index >= 15 is 0 Å². The Kier molecular flexibility index (Phi) is 4.28. The molecule has 2 unspecified atom stereocenters. The number of imide groups is 1. The molecule has 1 fully saturated rings. The van der Waals surface area contributed by atoms with E-state index in [1.807, 2.05) is 20.8 Å². The van der Waals surface area contributed by atoms with Gasteiger partial charge in [0.2, 0.25) is 11.8 Å². The van der Waals surface area contributed by atoms with E-state index < -0.39 is 39.1 Å². The molecule has 0 radical (unpaired) electrons. The highest BCUT2D eigenvalue weighted by Crippen LogP contribution is 2.44. The van der Waals surface area contributed by atoms with Gasteiger partial charge in [0, 0.05) is 17.5 Å². The van der Waals surface area contributed by atoms with E-state index in [9.17, 15) is 18.0 Å². The Morgan fingerprint density at radius 3 is 2.13 bits per heavy atom. The largest absolute Gasteiger partial charge is 0.399 e. The van der Waals surface area contributed by atoms with Crippen LogP contribution < -0.4 is 5.73 Å². The van der Waals surface area contributed by atoms with E-state index in [0.717, 1.165) is 0 Å². The van der Waals surface area contributed by atoms with Crippen LogP contribution in [0, 0.1) is 17.3 Å². The summed E-state index contributed by atoms with van der Waals surface area (Å²) < 4.78 is 26.0. The third-order valence-electron chi connectivity index (χ3n) is 4.91. The number of piperidine rings is 1. The van der Waals surface area contributed by atoms with Crippen molar-refractivity contribution < 1.29 is 18.0 Å². The molecule has 0 aromatic heterocycles. The number of sulfonamides is 1. The van der Waals surface area contributed by atoms with Crippen LogP contribution in [0.1, 0.15) is 34.1 Å². The number of nitrogens with zero attached hydrogens (tertiary/aromatic N) is 1. The Balaban J connectivity index is 2.55. The number of carbonyl (C=O) groups is 2. The van der Waals surface area contributed by atoms with E-state index in [-0.39, 0.29) is 4.90 Å². The topological polar surface area (TPSA) is 97.5 Å². The lowest BCUT2D eigenvalue weighted by Crippen LogP contribution is -2.58. The number of hydrogen-bond donors (Lipinski definition) is 1. The van der Waals surface area contributed by atoms with Crippen molar-refractivity contribution in [1.29, 1.82) is 0 Å². The number of benzene rings is 1. The lowest BCUT2D eigenvalue weighted by atomic mass is 9.66. The predicted octanol–water partition coefficient (Wildman–Crippen LogP) is 2.01. The normalized spacial score (nSPS) is 24.8. The molecule has 2 atom stereocenters. The second-order valence-electron chi connectivity index (χ2n) is 6.52. The highest BCUT2D eigenvalue weighted by atomic mass is 32.2. The van der Waals surface area contributed by atoms with Crippen molar-refractivity contribution in [2.75, 3.05) is 5.73 Å². The number of amides is 2. The van der Waals surface area contributed by atoms with Crippen molar-refractivity contribution in [3.8, 4) is 0 Å². The molecule has 2 N–H and O–H groups in total. The van der Waals surface area contributed by atoms with Crippen molar-refractivity contribution in [1.82, 2.24) is 4.31 Å². The maximum atomic E-state index is 12.8. The maximum Gasteiger partial charge on any atom is 0.273 e. The number of nitrogens with two attached hydrogens (primary N) is 1. The fourth-order valence-corrected chi connectivity index (χ4v) is 4.50. The zero-order valence-corrected chi connectivity index (χ0v) is 14.6. The first-order valence-electron chi connectivity index (χ1n) is 7.53. The van der Waals surface area contributed by atoms with Crippen LogP contribution in [0.15, 0.2) is 29.2 Å². The molecule has 126 valence electrons. The van der Waals surface area contributed by atoms with Gasteiger partial charge in [0.25, 0.3) is 10.0 Å². The SMILES string of the molecule is CCC1C(=O)N(S(=O)(=O)c2ccc(N)cc2)C(=O)C(C)C1(C)C. The molecule has 0 spiro atoms. The van der Waals surface area contributed by atoms with Crippen molar-refractivity contribution in [3.63, 3.8) is 0 Å². The predicted molar refractivity (Wildman–Crippen MR) is 86.6 cm³/mol. The molecule has 1 heterocycles. The molecule has 2 rings (SSSR count). The summed E-state index contributed by atoms with van der Waals surface area (Å²) in [5, 5.41) is 0.